The van der Waals surface area contributed by atoms with E-state index in [1.807, 2.05) is 13.0 Å². The van der Waals surface area contributed by atoms with Gasteiger partial charge in [-0.1, -0.05) is 17.7 Å². The van der Waals surface area contributed by atoms with Crippen molar-refractivity contribution in [2.75, 3.05) is 10.5 Å². The summed E-state index contributed by atoms with van der Waals surface area (Å²) < 4.78 is 27.3. The van der Waals surface area contributed by atoms with E-state index in [0.29, 0.717) is 22.6 Å². The van der Waals surface area contributed by atoms with Gasteiger partial charge in [-0.3, -0.25) is 4.72 Å². The third kappa shape index (κ3) is 2.91. The first-order valence-corrected chi connectivity index (χ1v) is 7.60. The summed E-state index contributed by atoms with van der Waals surface area (Å²) >= 11 is 0. The molecule has 2 rings (SSSR count). The Morgan fingerprint density at radius 1 is 1.10 bits per heavy atom. The molecule has 0 bridgehead atoms. The van der Waals surface area contributed by atoms with E-state index >= 15 is 0 Å². The number of anilines is 2. The smallest absolute Gasteiger partial charge is 0.263 e. The maximum absolute atomic E-state index is 12.4. The van der Waals surface area contributed by atoms with Crippen molar-refractivity contribution in [1.29, 1.82) is 0 Å². The van der Waals surface area contributed by atoms with Gasteiger partial charge in [0, 0.05) is 0 Å². The molecule has 0 unspecified atom stereocenters. The van der Waals surface area contributed by atoms with E-state index in [0.717, 1.165) is 5.56 Å². The summed E-state index contributed by atoms with van der Waals surface area (Å²) in [6.07, 6.45) is 1.42. The van der Waals surface area contributed by atoms with Crippen LogP contribution in [0.4, 0.5) is 11.5 Å². The molecule has 3 N–H and O–H groups in total. The number of aromatic nitrogens is 1. The largest absolute Gasteiger partial charge is 0.397 e. The van der Waals surface area contributed by atoms with Gasteiger partial charge >= 0.3 is 0 Å². The van der Waals surface area contributed by atoms with E-state index in [-0.39, 0.29) is 4.90 Å². The molecule has 0 spiro atoms. The van der Waals surface area contributed by atoms with Crippen LogP contribution in [0.15, 0.2) is 35.4 Å². The molecule has 0 saturated heterocycles. The third-order valence-electron chi connectivity index (χ3n) is 2.95. The molecule has 2 aromatic rings. The highest BCUT2D eigenvalue weighted by Gasteiger charge is 2.18. The first-order chi connectivity index (χ1) is 9.29. The van der Waals surface area contributed by atoms with Gasteiger partial charge in [0.2, 0.25) is 0 Å². The predicted octanol–water partition coefficient (Wildman–Crippen LogP) is 2.39. The van der Waals surface area contributed by atoms with Crippen LogP contribution in [0.3, 0.4) is 0 Å². The van der Waals surface area contributed by atoms with Crippen LogP contribution in [0.25, 0.3) is 0 Å². The molecule has 0 aliphatic carbocycles. The number of nitrogens with one attached hydrogen (secondary N) is 1. The molecule has 6 heteroatoms. The molecule has 1 aromatic heterocycles. The Morgan fingerprint density at radius 3 is 2.40 bits per heavy atom. The number of hydrogen-bond donors (Lipinski definition) is 2. The number of benzene rings is 1. The van der Waals surface area contributed by atoms with Crippen molar-refractivity contribution in [3.05, 3.63) is 47.2 Å². The fourth-order valence-corrected chi connectivity index (χ4v) is 3.29. The summed E-state index contributed by atoms with van der Waals surface area (Å²) in [5.74, 6) is 0.291. The first kappa shape index (κ1) is 14.3. The molecule has 1 heterocycles. The summed E-state index contributed by atoms with van der Waals surface area (Å²) in [6, 6.07) is 6.87. The number of nitrogen functional groups attached to an aromatic ring is 1. The number of nitrogens with zero attached hydrogens (tertiary/aromatic N) is 1. The minimum absolute atomic E-state index is 0.251. The highest BCUT2D eigenvalue weighted by molar-refractivity contribution is 7.92. The average molecular weight is 291 g/mol. The monoisotopic (exact) mass is 291 g/mol. The minimum atomic E-state index is -3.65. The van der Waals surface area contributed by atoms with Crippen molar-refractivity contribution in [3.8, 4) is 0 Å². The Hall–Kier alpha value is -2.08. The number of pyridine rings is 1. The Labute approximate surface area is 118 Å². The molecule has 0 saturated carbocycles. The fraction of sp³-hybridized carbons (Fsp3) is 0.214. The number of rotatable bonds is 3. The van der Waals surface area contributed by atoms with E-state index in [9.17, 15) is 8.42 Å². The van der Waals surface area contributed by atoms with E-state index in [1.165, 1.54) is 6.20 Å². The summed E-state index contributed by atoms with van der Waals surface area (Å²) in [5, 5.41) is 0. The highest BCUT2D eigenvalue weighted by Crippen LogP contribution is 2.21. The third-order valence-corrected chi connectivity index (χ3v) is 4.45. The lowest BCUT2D eigenvalue weighted by Crippen LogP contribution is -2.16. The minimum Gasteiger partial charge on any atom is -0.397 e. The Balaban J connectivity index is 2.41. The maximum Gasteiger partial charge on any atom is 0.263 e. The second-order valence-electron chi connectivity index (χ2n) is 4.81. The topological polar surface area (TPSA) is 85.1 Å². The van der Waals surface area contributed by atoms with Crippen molar-refractivity contribution < 1.29 is 8.42 Å². The predicted molar refractivity (Wildman–Crippen MR) is 80.1 cm³/mol. The number of hydrogen-bond acceptors (Lipinski definition) is 4. The van der Waals surface area contributed by atoms with Gasteiger partial charge in [0.05, 0.1) is 16.8 Å². The molecule has 0 aliphatic rings. The Kier molecular flexibility index (Phi) is 3.67. The zero-order valence-corrected chi connectivity index (χ0v) is 12.5. The molecule has 20 heavy (non-hydrogen) atoms. The van der Waals surface area contributed by atoms with Gasteiger partial charge in [-0.15, -0.1) is 0 Å². The van der Waals surface area contributed by atoms with E-state index in [1.54, 1.807) is 32.0 Å². The van der Waals surface area contributed by atoms with Crippen LogP contribution in [0, 0.1) is 20.8 Å². The second kappa shape index (κ2) is 5.13. The van der Waals surface area contributed by atoms with Gasteiger partial charge in [-0.25, -0.2) is 13.4 Å². The van der Waals surface area contributed by atoms with Crippen LogP contribution in [-0.2, 0) is 10.0 Å². The Morgan fingerprint density at radius 2 is 1.80 bits per heavy atom. The van der Waals surface area contributed by atoms with Crippen molar-refractivity contribution in [2.24, 2.45) is 0 Å². The first-order valence-electron chi connectivity index (χ1n) is 6.12. The molecule has 0 fully saturated rings. The lowest BCUT2D eigenvalue weighted by atomic mass is 10.2. The maximum atomic E-state index is 12.4. The number of nitrogens with two attached hydrogens (primary N) is 1. The zero-order valence-electron chi connectivity index (χ0n) is 11.6. The molecule has 0 amide bonds. The fourth-order valence-electron chi connectivity index (χ4n) is 1.99. The van der Waals surface area contributed by atoms with Crippen LogP contribution < -0.4 is 10.5 Å². The van der Waals surface area contributed by atoms with Crippen molar-refractivity contribution >= 4 is 21.5 Å². The SMILES string of the molecule is Cc1ccc(S(=O)(=O)Nc2ncc(N)cc2C)c(C)c1. The number of sulfonamides is 1. The van der Waals surface area contributed by atoms with E-state index in [4.69, 9.17) is 5.73 Å². The zero-order chi connectivity index (χ0) is 14.9. The molecule has 106 valence electrons. The van der Waals surface area contributed by atoms with Gasteiger partial charge < -0.3 is 5.73 Å². The molecule has 1 aromatic carbocycles. The van der Waals surface area contributed by atoms with Crippen molar-refractivity contribution in [2.45, 2.75) is 25.7 Å². The molecule has 0 aliphatic heterocycles. The molecule has 0 atom stereocenters. The summed E-state index contributed by atoms with van der Waals surface area (Å²) in [4.78, 5) is 4.27. The average Bonchev–Trinajstić information content (AvgIpc) is 2.32. The second-order valence-corrected chi connectivity index (χ2v) is 6.46. The van der Waals surface area contributed by atoms with Gasteiger partial charge in [-0.05, 0) is 44.0 Å². The van der Waals surface area contributed by atoms with Crippen molar-refractivity contribution in [1.82, 2.24) is 4.98 Å². The molecule has 0 radical (unpaired) electrons. The molecule has 5 nitrogen and oxygen atoms in total. The lowest BCUT2D eigenvalue weighted by molar-refractivity contribution is 0.600. The van der Waals surface area contributed by atoms with Crippen LogP contribution in [-0.4, -0.2) is 13.4 Å². The lowest BCUT2D eigenvalue weighted by Gasteiger charge is -2.12. The van der Waals surface area contributed by atoms with Gasteiger partial charge in [0.25, 0.3) is 10.0 Å². The molecular weight excluding hydrogens is 274 g/mol. The quantitative estimate of drug-likeness (QED) is 0.909. The summed E-state index contributed by atoms with van der Waals surface area (Å²) in [6.45, 7) is 5.44. The van der Waals surface area contributed by atoms with Crippen molar-refractivity contribution in [3.63, 3.8) is 0 Å². The van der Waals surface area contributed by atoms with E-state index < -0.39 is 10.0 Å². The summed E-state index contributed by atoms with van der Waals surface area (Å²) in [5.41, 5.74) is 8.50. The number of aryl methyl sites for hydroxylation is 3. The normalized spacial score (nSPS) is 11.3. The van der Waals surface area contributed by atoms with Crippen LogP contribution in [0.1, 0.15) is 16.7 Å². The standard InChI is InChI=1S/C14H17N3O2S/c1-9-4-5-13(10(2)6-9)20(18,19)17-14-11(3)7-12(15)8-16-14/h4-8H,15H2,1-3H3,(H,16,17). The van der Waals surface area contributed by atoms with E-state index in [2.05, 4.69) is 9.71 Å². The highest BCUT2D eigenvalue weighted by atomic mass is 32.2. The molecular formula is C14H17N3O2S. The Bertz CT molecular complexity index is 755. The van der Waals surface area contributed by atoms with Gasteiger partial charge in [0.15, 0.2) is 0 Å². The van der Waals surface area contributed by atoms with Gasteiger partial charge in [0.1, 0.15) is 5.82 Å². The van der Waals surface area contributed by atoms with Crippen LogP contribution in [0.5, 0.6) is 0 Å². The van der Waals surface area contributed by atoms with Gasteiger partial charge in [-0.2, -0.15) is 0 Å². The van der Waals surface area contributed by atoms with Crippen LogP contribution >= 0.6 is 0 Å². The summed E-state index contributed by atoms with van der Waals surface area (Å²) in [7, 11) is -3.65. The van der Waals surface area contributed by atoms with Crippen LogP contribution in [0.2, 0.25) is 0 Å².